The molecule has 26 heavy (non-hydrogen) atoms. The second-order valence-corrected chi connectivity index (χ2v) is 5.74. The van der Waals surface area contributed by atoms with Crippen molar-refractivity contribution in [1.82, 2.24) is 25.5 Å². The van der Waals surface area contributed by atoms with E-state index in [0.29, 0.717) is 16.1 Å². The Kier molecular flexibility index (Phi) is 4.85. The summed E-state index contributed by atoms with van der Waals surface area (Å²) in [5, 5.41) is 23.6. The molecule has 0 aliphatic carbocycles. The Morgan fingerprint density at radius 1 is 1.23 bits per heavy atom. The van der Waals surface area contributed by atoms with Crippen molar-refractivity contribution in [1.29, 1.82) is 0 Å². The van der Waals surface area contributed by atoms with Crippen LogP contribution in [0.2, 0.25) is 5.15 Å². The Labute approximate surface area is 152 Å². The third-order valence-corrected chi connectivity index (χ3v) is 3.74. The first-order chi connectivity index (χ1) is 12.4. The minimum atomic E-state index is -1.23. The van der Waals surface area contributed by atoms with E-state index >= 15 is 0 Å². The van der Waals surface area contributed by atoms with Gasteiger partial charge in [-0.05, 0) is 18.6 Å². The molecule has 3 heterocycles. The highest BCUT2D eigenvalue weighted by Gasteiger charge is 2.13. The number of nitrogens with one attached hydrogen (secondary N) is 4. The van der Waals surface area contributed by atoms with Gasteiger partial charge in [0.15, 0.2) is 5.82 Å². The molecule has 0 unspecified atom stereocenters. The van der Waals surface area contributed by atoms with Crippen molar-refractivity contribution >= 4 is 46.3 Å². The number of aromatic amines is 1. The van der Waals surface area contributed by atoms with Crippen molar-refractivity contribution in [3.8, 4) is 0 Å². The van der Waals surface area contributed by atoms with E-state index in [1.54, 1.807) is 31.3 Å². The summed E-state index contributed by atoms with van der Waals surface area (Å²) in [5.41, 5.74) is 1.32. The summed E-state index contributed by atoms with van der Waals surface area (Å²) >= 11 is 5.74. The van der Waals surface area contributed by atoms with Gasteiger partial charge in [0.05, 0.1) is 16.9 Å². The second kappa shape index (κ2) is 7.23. The lowest BCUT2D eigenvalue weighted by atomic mass is 10.1. The zero-order valence-corrected chi connectivity index (χ0v) is 14.2. The third-order valence-electron chi connectivity index (χ3n) is 3.51. The third kappa shape index (κ3) is 3.98. The van der Waals surface area contributed by atoms with E-state index in [1.165, 1.54) is 6.20 Å². The van der Waals surface area contributed by atoms with Crippen LogP contribution >= 0.6 is 11.6 Å². The number of fused-ring (bicyclic) bond motifs is 1. The van der Waals surface area contributed by atoms with Crippen LogP contribution in [0.4, 0.5) is 21.2 Å². The standard InChI is InChI=1S/C15H14ClN7O3/c1-7(8-2-3-11(16)17-5-8)19-14(24)20-12-4-10-9(6-18-12)13(23-22-10)21-15(25)26/h2-7H,1H3,(H,25,26)(H2,21,22,23)(H2,18,19,20,24)/t7-/m1/s1. The molecule has 1 atom stereocenters. The predicted molar refractivity (Wildman–Crippen MR) is 95.4 cm³/mol. The van der Waals surface area contributed by atoms with Crippen LogP contribution < -0.4 is 16.0 Å². The summed E-state index contributed by atoms with van der Waals surface area (Å²) in [7, 11) is 0. The fourth-order valence-corrected chi connectivity index (χ4v) is 2.37. The van der Waals surface area contributed by atoms with E-state index in [9.17, 15) is 9.59 Å². The number of halogens is 1. The normalized spacial score (nSPS) is 11.8. The lowest BCUT2D eigenvalue weighted by molar-refractivity contribution is 0.209. The Balaban J connectivity index is 1.67. The maximum atomic E-state index is 12.1. The molecular formula is C15H14ClN7O3. The monoisotopic (exact) mass is 375 g/mol. The van der Waals surface area contributed by atoms with Gasteiger partial charge in [0, 0.05) is 18.5 Å². The summed E-state index contributed by atoms with van der Waals surface area (Å²) in [6.45, 7) is 1.81. The van der Waals surface area contributed by atoms with E-state index in [2.05, 4.69) is 36.1 Å². The van der Waals surface area contributed by atoms with E-state index in [-0.39, 0.29) is 17.7 Å². The number of hydrogen-bond donors (Lipinski definition) is 5. The molecule has 3 aromatic heterocycles. The Morgan fingerprint density at radius 2 is 2.04 bits per heavy atom. The number of anilines is 2. The van der Waals surface area contributed by atoms with Crippen molar-refractivity contribution in [2.45, 2.75) is 13.0 Å². The zero-order chi connectivity index (χ0) is 18.7. The minimum absolute atomic E-state index is 0.139. The van der Waals surface area contributed by atoms with Crippen LogP contribution in [0.25, 0.3) is 10.9 Å². The van der Waals surface area contributed by atoms with Crippen LogP contribution in [0.15, 0.2) is 30.6 Å². The molecule has 134 valence electrons. The predicted octanol–water partition coefficient (Wildman–Crippen LogP) is 2.98. The van der Waals surface area contributed by atoms with Gasteiger partial charge in [0.2, 0.25) is 0 Å². The Morgan fingerprint density at radius 3 is 2.73 bits per heavy atom. The number of carboxylic acid groups (broad SMARTS) is 1. The Hall–Kier alpha value is -3.40. The minimum Gasteiger partial charge on any atom is -0.465 e. The highest BCUT2D eigenvalue weighted by atomic mass is 35.5. The van der Waals surface area contributed by atoms with Crippen LogP contribution in [0.3, 0.4) is 0 Å². The fourth-order valence-electron chi connectivity index (χ4n) is 2.25. The lowest BCUT2D eigenvalue weighted by Gasteiger charge is -2.14. The first kappa shape index (κ1) is 17.4. The Bertz CT molecular complexity index is 958. The molecule has 3 aromatic rings. The number of hydrogen-bond acceptors (Lipinski definition) is 5. The van der Waals surface area contributed by atoms with Crippen molar-refractivity contribution in [3.63, 3.8) is 0 Å². The van der Waals surface area contributed by atoms with Gasteiger partial charge in [0.1, 0.15) is 11.0 Å². The number of urea groups is 1. The van der Waals surface area contributed by atoms with Gasteiger partial charge in [-0.15, -0.1) is 0 Å². The number of aromatic nitrogens is 4. The van der Waals surface area contributed by atoms with Crippen LogP contribution in [0.1, 0.15) is 18.5 Å². The summed E-state index contributed by atoms with van der Waals surface area (Å²) in [5.74, 6) is 0.418. The lowest BCUT2D eigenvalue weighted by Crippen LogP contribution is -2.31. The molecule has 0 saturated heterocycles. The van der Waals surface area contributed by atoms with E-state index < -0.39 is 12.1 Å². The van der Waals surface area contributed by atoms with Crippen molar-refractivity contribution in [2.24, 2.45) is 0 Å². The first-order valence-corrected chi connectivity index (χ1v) is 7.83. The summed E-state index contributed by atoms with van der Waals surface area (Å²) < 4.78 is 0. The average Bonchev–Trinajstić information content (AvgIpc) is 2.96. The second-order valence-electron chi connectivity index (χ2n) is 5.35. The molecule has 0 aliphatic rings. The molecule has 0 saturated carbocycles. The maximum Gasteiger partial charge on any atom is 0.410 e. The van der Waals surface area contributed by atoms with Gasteiger partial charge in [-0.1, -0.05) is 17.7 Å². The van der Waals surface area contributed by atoms with E-state index in [1.807, 2.05) is 0 Å². The molecule has 11 heteroatoms. The van der Waals surface area contributed by atoms with Gasteiger partial charge < -0.3 is 10.4 Å². The number of amides is 3. The summed E-state index contributed by atoms with van der Waals surface area (Å²) in [4.78, 5) is 30.9. The SMILES string of the molecule is C[C@@H](NC(=O)Nc1cc2[nH]nc(NC(=O)O)c2cn1)c1ccc(Cl)nc1. The number of carbonyl (C=O) groups excluding carboxylic acids is 1. The first-order valence-electron chi connectivity index (χ1n) is 7.45. The fraction of sp³-hybridized carbons (Fsp3) is 0.133. The summed E-state index contributed by atoms with van der Waals surface area (Å²) in [6, 6.07) is 4.21. The van der Waals surface area contributed by atoms with Gasteiger partial charge in [-0.2, -0.15) is 5.10 Å². The number of H-pyrrole nitrogens is 1. The van der Waals surface area contributed by atoms with Gasteiger partial charge in [-0.25, -0.2) is 19.6 Å². The number of rotatable bonds is 4. The van der Waals surface area contributed by atoms with Crippen molar-refractivity contribution in [3.05, 3.63) is 41.3 Å². The highest BCUT2D eigenvalue weighted by molar-refractivity contribution is 6.29. The van der Waals surface area contributed by atoms with Crippen molar-refractivity contribution < 1.29 is 14.7 Å². The zero-order valence-electron chi connectivity index (χ0n) is 13.4. The number of nitrogens with zero attached hydrogens (tertiary/aromatic N) is 3. The molecule has 0 bridgehead atoms. The molecule has 5 N–H and O–H groups in total. The van der Waals surface area contributed by atoms with Crippen LogP contribution in [-0.2, 0) is 0 Å². The molecule has 0 aromatic carbocycles. The smallest absolute Gasteiger partial charge is 0.410 e. The van der Waals surface area contributed by atoms with Gasteiger partial charge >= 0.3 is 12.1 Å². The largest absolute Gasteiger partial charge is 0.465 e. The number of pyridine rings is 2. The van der Waals surface area contributed by atoms with Gasteiger partial charge in [0.25, 0.3) is 0 Å². The van der Waals surface area contributed by atoms with Crippen LogP contribution in [-0.4, -0.2) is 37.4 Å². The molecule has 0 spiro atoms. The molecule has 3 amide bonds. The number of carbonyl (C=O) groups is 2. The average molecular weight is 376 g/mol. The molecular weight excluding hydrogens is 362 g/mol. The van der Waals surface area contributed by atoms with E-state index in [4.69, 9.17) is 16.7 Å². The molecule has 0 aliphatic heterocycles. The quantitative estimate of drug-likeness (QED) is 0.443. The molecule has 0 radical (unpaired) electrons. The van der Waals surface area contributed by atoms with Crippen LogP contribution in [0.5, 0.6) is 0 Å². The molecule has 0 fully saturated rings. The van der Waals surface area contributed by atoms with Crippen LogP contribution in [0, 0.1) is 0 Å². The summed E-state index contributed by atoms with van der Waals surface area (Å²) in [6.07, 6.45) is 1.76. The maximum absolute atomic E-state index is 12.1. The molecule has 3 rings (SSSR count). The van der Waals surface area contributed by atoms with E-state index in [0.717, 1.165) is 5.56 Å². The highest BCUT2D eigenvalue weighted by Crippen LogP contribution is 2.21. The van der Waals surface area contributed by atoms with Crippen molar-refractivity contribution in [2.75, 3.05) is 10.6 Å². The molecule has 10 nitrogen and oxygen atoms in total. The van der Waals surface area contributed by atoms with Gasteiger partial charge in [-0.3, -0.25) is 15.7 Å². The topological polar surface area (TPSA) is 145 Å².